The van der Waals surface area contributed by atoms with Crippen molar-refractivity contribution in [2.24, 2.45) is 5.10 Å². The van der Waals surface area contributed by atoms with Crippen LogP contribution in [-0.2, 0) is 4.79 Å². The highest BCUT2D eigenvalue weighted by atomic mass is 16.2. The summed E-state index contributed by atoms with van der Waals surface area (Å²) in [6, 6.07) is 19.1. The molecule has 0 bridgehead atoms. The zero-order valence-corrected chi connectivity index (χ0v) is 19.4. The van der Waals surface area contributed by atoms with Crippen LogP contribution in [0.4, 0.5) is 5.69 Å². The number of hydrogen-bond donors (Lipinski definition) is 2. The van der Waals surface area contributed by atoms with Gasteiger partial charge in [-0.1, -0.05) is 48.9 Å². The van der Waals surface area contributed by atoms with Gasteiger partial charge in [-0.25, -0.2) is 0 Å². The smallest absolute Gasteiger partial charge is 0.260 e. The van der Waals surface area contributed by atoms with Gasteiger partial charge in [-0.15, -0.1) is 0 Å². The Labute approximate surface area is 197 Å². The second kappa shape index (κ2) is 10.4. The minimum atomic E-state index is -0.276. The maximum Gasteiger partial charge on any atom is 0.260 e. The summed E-state index contributed by atoms with van der Waals surface area (Å²) in [5, 5.41) is 8.17. The number of carbonyl (C=O) groups is 1. The van der Waals surface area contributed by atoms with Crippen LogP contribution in [0.15, 0.2) is 59.7 Å². The number of hydrazone groups is 1. The molecular weight excluding hydrogens is 410 g/mol. The molecule has 0 aliphatic carbocycles. The first-order valence-corrected chi connectivity index (χ1v) is 12.5. The summed E-state index contributed by atoms with van der Waals surface area (Å²) < 4.78 is 0. The fourth-order valence-corrected chi connectivity index (χ4v) is 5.19. The van der Waals surface area contributed by atoms with E-state index in [1.54, 1.807) is 0 Å². The van der Waals surface area contributed by atoms with Gasteiger partial charge in [-0.05, 0) is 55.4 Å². The fraction of sp³-hybridized carbons (Fsp3) is 0.481. The number of piperidine rings is 2. The van der Waals surface area contributed by atoms with Crippen LogP contribution in [0.1, 0.15) is 62.1 Å². The van der Waals surface area contributed by atoms with E-state index in [4.69, 9.17) is 0 Å². The first-order valence-electron chi connectivity index (χ1n) is 12.5. The van der Waals surface area contributed by atoms with Crippen molar-refractivity contribution in [3.8, 4) is 0 Å². The maximum absolute atomic E-state index is 13.4. The van der Waals surface area contributed by atoms with E-state index >= 15 is 0 Å². The van der Waals surface area contributed by atoms with Crippen LogP contribution < -0.4 is 10.7 Å². The quantitative estimate of drug-likeness (QED) is 0.694. The van der Waals surface area contributed by atoms with Crippen LogP contribution in [-0.4, -0.2) is 53.8 Å². The average molecular weight is 446 g/mol. The normalized spacial score (nSPS) is 22.4. The summed E-state index contributed by atoms with van der Waals surface area (Å²) in [6.45, 7) is 3.75. The van der Waals surface area contributed by atoms with Crippen molar-refractivity contribution in [2.45, 2.75) is 57.2 Å². The molecule has 2 atom stereocenters. The molecule has 3 aliphatic rings. The molecule has 3 aliphatic heterocycles. The number of nitrogens with zero attached hydrogens (tertiary/aromatic N) is 3. The van der Waals surface area contributed by atoms with Gasteiger partial charge in [0.1, 0.15) is 0 Å². The van der Waals surface area contributed by atoms with E-state index in [1.807, 2.05) is 6.07 Å². The lowest BCUT2D eigenvalue weighted by molar-refractivity contribution is -0.137. The molecule has 2 aromatic carbocycles. The zero-order valence-electron chi connectivity index (χ0n) is 19.4. The lowest BCUT2D eigenvalue weighted by Gasteiger charge is -2.38. The van der Waals surface area contributed by atoms with Crippen molar-refractivity contribution in [1.29, 1.82) is 0 Å². The lowest BCUT2D eigenvalue weighted by atomic mass is 9.99. The molecule has 0 spiro atoms. The summed E-state index contributed by atoms with van der Waals surface area (Å²) in [7, 11) is 0. The lowest BCUT2D eigenvalue weighted by Crippen LogP contribution is -2.55. The zero-order chi connectivity index (χ0) is 22.5. The van der Waals surface area contributed by atoms with Crippen LogP contribution in [0.5, 0.6) is 0 Å². The van der Waals surface area contributed by atoms with Crippen molar-refractivity contribution >= 4 is 17.3 Å². The number of hydrogen-bond acceptors (Lipinski definition) is 5. The molecule has 0 aromatic heterocycles. The molecule has 0 saturated carbocycles. The Morgan fingerprint density at radius 2 is 1.55 bits per heavy atom. The van der Waals surface area contributed by atoms with E-state index in [0.29, 0.717) is 0 Å². The van der Waals surface area contributed by atoms with Gasteiger partial charge < -0.3 is 15.6 Å². The van der Waals surface area contributed by atoms with E-state index in [-0.39, 0.29) is 18.1 Å². The van der Waals surface area contributed by atoms with Crippen molar-refractivity contribution in [3.05, 3.63) is 65.7 Å². The van der Waals surface area contributed by atoms with E-state index in [2.05, 4.69) is 74.2 Å². The van der Waals surface area contributed by atoms with Gasteiger partial charge in [0, 0.05) is 38.3 Å². The number of benzene rings is 2. The third-order valence-electron chi connectivity index (χ3n) is 7.13. The van der Waals surface area contributed by atoms with Gasteiger partial charge in [0.2, 0.25) is 0 Å². The van der Waals surface area contributed by atoms with Gasteiger partial charge >= 0.3 is 0 Å². The molecule has 5 rings (SSSR count). The Morgan fingerprint density at radius 1 is 0.879 bits per heavy atom. The molecule has 2 fully saturated rings. The van der Waals surface area contributed by atoms with Crippen LogP contribution in [0, 0.1) is 0 Å². The van der Waals surface area contributed by atoms with Crippen LogP contribution in [0.25, 0.3) is 0 Å². The van der Waals surface area contributed by atoms with Gasteiger partial charge in [0.15, 0.2) is 6.17 Å². The molecule has 2 N–H and O–H groups in total. The summed E-state index contributed by atoms with van der Waals surface area (Å²) in [5.41, 5.74) is 7.73. The predicted octanol–water partition coefficient (Wildman–Crippen LogP) is 4.36. The summed E-state index contributed by atoms with van der Waals surface area (Å²) >= 11 is 0. The molecule has 2 saturated heterocycles. The molecule has 6 nitrogen and oxygen atoms in total. The molecule has 174 valence electrons. The Morgan fingerprint density at radius 3 is 2.24 bits per heavy atom. The van der Waals surface area contributed by atoms with Gasteiger partial charge in [0.25, 0.3) is 5.91 Å². The van der Waals surface area contributed by atoms with Gasteiger partial charge in [0.05, 0.1) is 11.8 Å². The Hall–Kier alpha value is -2.86. The third kappa shape index (κ3) is 5.22. The summed E-state index contributed by atoms with van der Waals surface area (Å²) in [5.74, 6) is 0.232. The Bertz CT molecular complexity index is 946. The molecule has 3 heterocycles. The Kier molecular flexibility index (Phi) is 6.91. The van der Waals surface area contributed by atoms with Crippen molar-refractivity contribution in [2.75, 3.05) is 31.5 Å². The van der Waals surface area contributed by atoms with Crippen molar-refractivity contribution in [3.63, 3.8) is 0 Å². The number of amides is 1. The summed E-state index contributed by atoms with van der Waals surface area (Å²) in [4.78, 5) is 17.8. The van der Waals surface area contributed by atoms with Crippen LogP contribution >= 0.6 is 0 Å². The second-order valence-corrected chi connectivity index (χ2v) is 9.46. The average Bonchev–Trinajstić information content (AvgIpc) is 3.39. The number of anilines is 1. The topological polar surface area (TPSA) is 60.0 Å². The molecule has 6 heteroatoms. The van der Waals surface area contributed by atoms with Crippen LogP contribution in [0.3, 0.4) is 0 Å². The van der Waals surface area contributed by atoms with Gasteiger partial charge in [-0.2, -0.15) is 5.10 Å². The highest BCUT2D eigenvalue weighted by Crippen LogP contribution is 2.25. The van der Waals surface area contributed by atoms with Crippen molar-refractivity contribution < 1.29 is 4.79 Å². The summed E-state index contributed by atoms with van der Waals surface area (Å²) in [6.07, 6.45) is 7.66. The predicted molar refractivity (Wildman–Crippen MR) is 133 cm³/mol. The van der Waals surface area contributed by atoms with E-state index in [1.165, 1.54) is 31.2 Å². The minimum Gasteiger partial charge on any atom is -0.362 e. The molecule has 0 radical (unpaired) electrons. The molecule has 2 aromatic rings. The Balaban J connectivity index is 1.26. The van der Waals surface area contributed by atoms with Crippen molar-refractivity contribution in [1.82, 2.24) is 15.2 Å². The van der Waals surface area contributed by atoms with Gasteiger partial charge in [-0.3, -0.25) is 9.69 Å². The first-order chi connectivity index (χ1) is 16.3. The highest BCUT2D eigenvalue weighted by molar-refractivity contribution is 6.02. The number of likely N-dealkylation sites (tertiary alicyclic amines) is 2. The second-order valence-electron chi connectivity index (χ2n) is 9.46. The van der Waals surface area contributed by atoms with Crippen LogP contribution in [0.2, 0.25) is 0 Å². The monoisotopic (exact) mass is 445 g/mol. The number of nitrogens with one attached hydrogen (secondary N) is 2. The largest absolute Gasteiger partial charge is 0.362 e. The molecule has 33 heavy (non-hydrogen) atoms. The number of rotatable bonds is 6. The maximum atomic E-state index is 13.4. The van der Waals surface area contributed by atoms with E-state index in [0.717, 1.165) is 62.4 Å². The van der Waals surface area contributed by atoms with E-state index in [9.17, 15) is 4.79 Å². The molecule has 1 unspecified atom stereocenters. The number of carbonyl (C=O) groups excluding carboxylic acids is 1. The minimum absolute atomic E-state index is 0.227. The molecule has 1 amide bonds. The first kappa shape index (κ1) is 22.0. The standard InChI is InChI=1S/C27H35N5O/c33-27(32-18-8-3-9-19-32)26(31-16-6-2-7-17-31)28-23-14-12-22(13-15-23)25-20-24(29-30-25)21-10-4-1-5-11-21/h1,4-5,10-15,24,26,28-29H,2-3,6-9,16-20H2/t24-,26?/m0/s1. The highest BCUT2D eigenvalue weighted by Gasteiger charge is 2.31. The van der Waals surface area contributed by atoms with E-state index < -0.39 is 0 Å². The molecular formula is C27H35N5O. The third-order valence-corrected chi connectivity index (χ3v) is 7.13. The SMILES string of the molecule is O=C(C(Nc1ccc(C2=NN[C@H](c3ccccc3)C2)cc1)N1CCCCC1)N1CCCCC1. The fourth-order valence-electron chi connectivity index (χ4n) is 5.19.